The number of halogens is 2. The van der Waals surface area contributed by atoms with E-state index < -0.39 is 0 Å². The van der Waals surface area contributed by atoms with Crippen molar-refractivity contribution in [2.75, 3.05) is 25.6 Å². The summed E-state index contributed by atoms with van der Waals surface area (Å²) >= 11 is 9.34. The minimum Gasteiger partial charge on any atom is -0.377 e. The summed E-state index contributed by atoms with van der Waals surface area (Å²) in [5, 5.41) is 10.1. The molecule has 0 saturated carbocycles. The van der Waals surface area contributed by atoms with Crippen LogP contribution < -0.4 is 10.6 Å². The lowest BCUT2D eigenvalue weighted by molar-refractivity contribution is -0.0294. The zero-order valence-corrected chi connectivity index (χ0v) is 15.9. The maximum atomic E-state index is 12.8. The summed E-state index contributed by atoms with van der Waals surface area (Å²) in [6, 6.07) is 4.88. The molecule has 25 heavy (non-hydrogen) atoms. The Hall–Kier alpha value is -1.90. The molecule has 1 aromatic carbocycles. The van der Waals surface area contributed by atoms with E-state index in [1.807, 2.05) is 0 Å². The number of hydrogen-bond acceptors (Lipinski definition) is 4. The molecule has 0 atom stereocenters. The molecule has 1 saturated heterocycles. The normalized spacial score (nSPS) is 14.1. The summed E-state index contributed by atoms with van der Waals surface area (Å²) in [5.41, 5.74) is 1.80. The van der Waals surface area contributed by atoms with Gasteiger partial charge in [0.1, 0.15) is 10.3 Å². The topological polar surface area (TPSA) is 85.3 Å². The number of nitrogens with one attached hydrogen (secondary N) is 2. The minimum atomic E-state index is -0.360. The molecule has 3 rings (SSSR count). The molecular weight excluding hydrogens is 412 g/mol. The number of carbonyl (C=O) groups is 2. The van der Waals surface area contributed by atoms with Crippen molar-refractivity contribution in [1.29, 1.82) is 0 Å². The summed E-state index contributed by atoms with van der Waals surface area (Å²) in [5.74, 6) is -0.691. The van der Waals surface area contributed by atoms with E-state index in [4.69, 9.17) is 16.3 Å². The summed E-state index contributed by atoms with van der Waals surface area (Å²) in [4.78, 5) is 24.9. The highest BCUT2D eigenvalue weighted by Gasteiger charge is 2.27. The van der Waals surface area contributed by atoms with Crippen molar-refractivity contribution >= 4 is 45.0 Å². The molecular formula is C16H16BrClN4O3. The predicted octanol–water partition coefficient (Wildman–Crippen LogP) is 2.79. The lowest BCUT2D eigenvalue weighted by Gasteiger charge is -2.27. The van der Waals surface area contributed by atoms with E-state index in [0.717, 1.165) is 0 Å². The molecule has 9 heteroatoms. The first-order chi connectivity index (χ1) is 11.9. The number of nitrogens with zero attached hydrogens (tertiary/aromatic N) is 2. The van der Waals surface area contributed by atoms with E-state index in [2.05, 4.69) is 31.7 Å². The second-order valence-corrected chi connectivity index (χ2v) is 6.92. The van der Waals surface area contributed by atoms with Gasteiger partial charge in [0.2, 0.25) is 0 Å². The first-order valence-electron chi connectivity index (χ1n) is 7.57. The fourth-order valence-electron chi connectivity index (χ4n) is 2.58. The number of ether oxygens (including phenoxy) is 1. The van der Waals surface area contributed by atoms with Crippen LogP contribution >= 0.6 is 27.5 Å². The summed E-state index contributed by atoms with van der Waals surface area (Å²) < 4.78 is 7.37. The Bertz CT molecular complexity index is 848. The molecule has 2 heterocycles. The largest absolute Gasteiger partial charge is 0.377 e. The second-order valence-electron chi connectivity index (χ2n) is 5.67. The van der Waals surface area contributed by atoms with Crippen LogP contribution in [0.3, 0.4) is 0 Å². The van der Waals surface area contributed by atoms with E-state index in [-0.39, 0.29) is 17.9 Å². The van der Waals surface area contributed by atoms with Gasteiger partial charge in [0.25, 0.3) is 11.8 Å². The van der Waals surface area contributed by atoms with Gasteiger partial charge < -0.3 is 15.4 Å². The molecule has 0 spiro atoms. The Balaban J connectivity index is 1.95. The van der Waals surface area contributed by atoms with Gasteiger partial charge in [-0.1, -0.05) is 11.6 Å². The van der Waals surface area contributed by atoms with Gasteiger partial charge in [-0.05, 0) is 40.5 Å². The maximum Gasteiger partial charge on any atom is 0.274 e. The van der Waals surface area contributed by atoms with Crippen molar-refractivity contribution in [2.24, 2.45) is 0 Å². The fourth-order valence-corrected chi connectivity index (χ4v) is 3.24. The van der Waals surface area contributed by atoms with Gasteiger partial charge in [0.05, 0.1) is 30.5 Å². The lowest BCUT2D eigenvalue weighted by Crippen LogP contribution is -2.34. The van der Waals surface area contributed by atoms with Gasteiger partial charge in [-0.25, -0.2) is 0 Å². The first-order valence-corrected chi connectivity index (χ1v) is 8.74. The smallest absolute Gasteiger partial charge is 0.274 e. The molecule has 7 nitrogen and oxygen atoms in total. The number of benzene rings is 1. The first kappa shape index (κ1) is 17.9. The molecule has 132 valence electrons. The molecule has 1 aromatic heterocycles. The second kappa shape index (κ2) is 7.15. The van der Waals surface area contributed by atoms with Gasteiger partial charge in [-0.2, -0.15) is 5.10 Å². The molecule has 1 aliphatic rings. The van der Waals surface area contributed by atoms with Gasteiger partial charge in [0, 0.05) is 18.1 Å². The van der Waals surface area contributed by atoms with Crippen molar-refractivity contribution in [1.82, 2.24) is 15.1 Å². The fraction of sp³-hybridized carbons (Fsp3) is 0.312. The Morgan fingerprint density at radius 1 is 1.32 bits per heavy atom. The summed E-state index contributed by atoms with van der Waals surface area (Å²) in [6.07, 6.45) is 0. The summed E-state index contributed by atoms with van der Waals surface area (Å²) in [6.45, 7) is 2.80. The quantitative estimate of drug-likeness (QED) is 0.786. The molecule has 0 bridgehead atoms. The molecule has 0 aliphatic carbocycles. The average molecular weight is 428 g/mol. The van der Waals surface area contributed by atoms with E-state index in [1.54, 1.807) is 23.7 Å². The number of aryl methyl sites for hydroxylation is 1. The Morgan fingerprint density at radius 3 is 2.64 bits per heavy atom. The van der Waals surface area contributed by atoms with Crippen molar-refractivity contribution in [3.63, 3.8) is 0 Å². The lowest BCUT2D eigenvalue weighted by atomic mass is 10.1. The van der Waals surface area contributed by atoms with Gasteiger partial charge in [-0.15, -0.1) is 0 Å². The van der Waals surface area contributed by atoms with Crippen LogP contribution in [0.4, 0.5) is 5.69 Å². The number of amides is 2. The van der Waals surface area contributed by atoms with Gasteiger partial charge >= 0.3 is 0 Å². The summed E-state index contributed by atoms with van der Waals surface area (Å²) in [7, 11) is 1.52. The van der Waals surface area contributed by atoms with Crippen molar-refractivity contribution in [3.05, 3.63) is 44.6 Å². The zero-order valence-electron chi connectivity index (χ0n) is 13.6. The zero-order chi connectivity index (χ0) is 18.1. The van der Waals surface area contributed by atoms with E-state index in [9.17, 15) is 9.59 Å². The van der Waals surface area contributed by atoms with Crippen molar-refractivity contribution < 1.29 is 14.3 Å². The van der Waals surface area contributed by atoms with Crippen LogP contribution in [-0.4, -0.2) is 41.9 Å². The van der Waals surface area contributed by atoms with Crippen LogP contribution in [0.1, 0.15) is 32.5 Å². The standard InChI is InChI=1S/C16H16BrClN4O3/c1-8-3-9(18)4-11(15(23)19-2)14(8)20-16(24)12-5-13(17)21-22(12)10-6-25-7-10/h3-5,10H,6-7H2,1-2H3,(H,19,23)(H,20,24). The minimum absolute atomic E-state index is 0.0248. The maximum absolute atomic E-state index is 12.8. The highest BCUT2D eigenvalue weighted by atomic mass is 79.9. The van der Waals surface area contributed by atoms with Gasteiger partial charge in [0.15, 0.2) is 0 Å². The monoisotopic (exact) mass is 426 g/mol. The molecule has 2 amide bonds. The molecule has 1 fully saturated rings. The van der Waals surface area contributed by atoms with Crippen LogP contribution in [0, 0.1) is 6.92 Å². The number of aromatic nitrogens is 2. The van der Waals surface area contributed by atoms with E-state index in [0.29, 0.717) is 45.3 Å². The highest BCUT2D eigenvalue weighted by molar-refractivity contribution is 9.10. The Kier molecular flexibility index (Phi) is 5.12. The third kappa shape index (κ3) is 3.56. The Morgan fingerprint density at radius 2 is 2.04 bits per heavy atom. The van der Waals surface area contributed by atoms with E-state index in [1.165, 1.54) is 13.1 Å². The Labute approximate surface area is 157 Å². The van der Waals surface area contributed by atoms with Crippen LogP contribution in [-0.2, 0) is 4.74 Å². The van der Waals surface area contributed by atoms with Crippen molar-refractivity contribution in [2.45, 2.75) is 13.0 Å². The molecule has 0 unspecified atom stereocenters. The third-order valence-corrected chi connectivity index (χ3v) is 4.52. The molecule has 0 radical (unpaired) electrons. The highest BCUT2D eigenvalue weighted by Crippen LogP contribution is 2.27. The SMILES string of the molecule is CNC(=O)c1cc(Cl)cc(C)c1NC(=O)c1cc(Br)nn1C1COC1. The van der Waals surface area contributed by atoms with Crippen LogP contribution in [0.5, 0.6) is 0 Å². The molecule has 2 N–H and O–H groups in total. The number of rotatable bonds is 4. The van der Waals surface area contributed by atoms with E-state index >= 15 is 0 Å². The number of anilines is 1. The average Bonchev–Trinajstić information content (AvgIpc) is 2.88. The van der Waals surface area contributed by atoms with Crippen LogP contribution in [0.25, 0.3) is 0 Å². The predicted molar refractivity (Wildman–Crippen MR) is 97.3 cm³/mol. The third-order valence-electron chi connectivity index (χ3n) is 3.92. The van der Waals surface area contributed by atoms with Crippen LogP contribution in [0.2, 0.25) is 5.02 Å². The van der Waals surface area contributed by atoms with Crippen molar-refractivity contribution in [3.8, 4) is 0 Å². The molecule has 2 aromatic rings. The van der Waals surface area contributed by atoms with Gasteiger partial charge in [-0.3, -0.25) is 14.3 Å². The van der Waals surface area contributed by atoms with Crippen LogP contribution in [0.15, 0.2) is 22.8 Å². The number of hydrogen-bond donors (Lipinski definition) is 2. The number of carbonyl (C=O) groups excluding carboxylic acids is 2. The molecule has 1 aliphatic heterocycles.